The van der Waals surface area contributed by atoms with Gasteiger partial charge in [-0.05, 0) is 29.9 Å². The van der Waals surface area contributed by atoms with Gasteiger partial charge in [-0.3, -0.25) is 4.68 Å². The Bertz CT molecular complexity index is 544. The highest BCUT2D eigenvalue weighted by atomic mass is 15.3. The first-order valence-electron chi connectivity index (χ1n) is 6.59. The van der Waals surface area contributed by atoms with Gasteiger partial charge in [0.1, 0.15) is 5.82 Å². The first-order valence-corrected chi connectivity index (χ1v) is 6.59. The Morgan fingerprint density at radius 2 is 1.94 bits per heavy atom. The highest BCUT2D eigenvalue weighted by molar-refractivity contribution is 5.42. The normalized spacial score (nSPS) is 22.6. The van der Waals surface area contributed by atoms with Crippen LogP contribution in [0, 0.1) is 0 Å². The van der Waals surface area contributed by atoms with Crippen LogP contribution in [0.5, 0.6) is 0 Å². The molecule has 3 rings (SSSR count). The molecule has 0 spiro atoms. The fourth-order valence-corrected chi connectivity index (χ4v) is 2.83. The number of benzene rings is 1. The van der Waals surface area contributed by atoms with E-state index in [4.69, 9.17) is 0 Å². The SMILES string of the molecule is CC1CCC(Nc2ccn(C)n2)c2ccccc21. The molecule has 1 N–H and O–H groups in total. The first kappa shape index (κ1) is 11.3. The number of nitrogens with zero attached hydrogens (tertiary/aromatic N) is 2. The molecule has 0 radical (unpaired) electrons. The summed E-state index contributed by atoms with van der Waals surface area (Å²) in [6.45, 7) is 2.32. The largest absolute Gasteiger partial charge is 0.362 e. The molecule has 2 atom stereocenters. The highest BCUT2D eigenvalue weighted by Crippen LogP contribution is 2.38. The number of aromatic nitrogens is 2. The Labute approximate surface area is 108 Å². The fourth-order valence-electron chi connectivity index (χ4n) is 2.83. The highest BCUT2D eigenvalue weighted by Gasteiger charge is 2.24. The molecule has 1 aromatic heterocycles. The van der Waals surface area contributed by atoms with Crippen molar-refractivity contribution in [2.45, 2.75) is 31.7 Å². The van der Waals surface area contributed by atoms with Crippen LogP contribution in [0.25, 0.3) is 0 Å². The zero-order valence-corrected chi connectivity index (χ0v) is 10.9. The Kier molecular flexibility index (Phi) is 2.82. The zero-order chi connectivity index (χ0) is 12.5. The molecule has 3 heteroatoms. The Balaban J connectivity index is 1.88. The van der Waals surface area contributed by atoms with Crippen molar-refractivity contribution in [1.29, 1.82) is 0 Å². The predicted octanol–water partition coefficient (Wildman–Crippen LogP) is 3.47. The first-order chi connectivity index (χ1) is 8.74. The van der Waals surface area contributed by atoms with E-state index in [-0.39, 0.29) is 0 Å². The average molecular weight is 241 g/mol. The molecule has 2 unspecified atom stereocenters. The second-order valence-electron chi connectivity index (χ2n) is 5.18. The quantitative estimate of drug-likeness (QED) is 0.872. The lowest BCUT2D eigenvalue weighted by molar-refractivity contribution is 0.533. The summed E-state index contributed by atoms with van der Waals surface area (Å²) in [5.74, 6) is 1.63. The van der Waals surface area contributed by atoms with E-state index < -0.39 is 0 Å². The van der Waals surface area contributed by atoms with Gasteiger partial charge in [-0.15, -0.1) is 0 Å². The van der Waals surface area contributed by atoms with Crippen molar-refractivity contribution in [2.24, 2.45) is 7.05 Å². The molecule has 3 nitrogen and oxygen atoms in total. The average Bonchev–Trinajstić information content (AvgIpc) is 2.79. The number of hydrogen-bond donors (Lipinski definition) is 1. The topological polar surface area (TPSA) is 29.9 Å². The van der Waals surface area contributed by atoms with E-state index in [1.54, 1.807) is 0 Å². The minimum absolute atomic E-state index is 0.396. The fraction of sp³-hybridized carbons (Fsp3) is 0.400. The zero-order valence-electron chi connectivity index (χ0n) is 10.9. The van der Waals surface area contributed by atoms with Crippen LogP contribution in [-0.4, -0.2) is 9.78 Å². The molecule has 18 heavy (non-hydrogen) atoms. The van der Waals surface area contributed by atoms with Gasteiger partial charge in [0.05, 0.1) is 6.04 Å². The standard InChI is InChI=1S/C15H19N3/c1-11-7-8-14(13-6-4-3-5-12(11)13)16-15-9-10-18(2)17-15/h3-6,9-11,14H,7-8H2,1-2H3,(H,16,17). The van der Waals surface area contributed by atoms with E-state index in [1.807, 2.05) is 24.0 Å². The van der Waals surface area contributed by atoms with Crippen molar-refractivity contribution < 1.29 is 0 Å². The number of nitrogens with one attached hydrogen (secondary N) is 1. The molecule has 0 saturated carbocycles. The van der Waals surface area contributed by atoms with Gasteiger partial charge in [0.15, 0.2) is 0 Å². The van der Waals surface area contributed by atoms with Gasteiger partial charge in [0.2, 0.25) is 0 Å². The summed E-state index contributed by atoms with van der Waals surface area (Å²) in [6, 6.07) is 11.2. The van der Waals surface area contributed by atoms with Crippen LogP contribution in [0.15, 0.2) is 36.5 Å². The molecule has 1 heterocycles. The molecule has 0 amide bonds. The van der Waals surface area contributed by atoms with Crippen molar-refractivity contribution in [1.82, 2.24) is 9.78 Å². The van der Waals surface area contributed by atoms with E-state index in [0.717, 1.165) is 5.82 Å². The maximum absolute atomic E-state index is 4.40. The van der Waals surface area contributed by atoms with E-state index >= 15 is 0 Å². The number of hydrogen-bond acceptors (Lipinski definition) is 2. The smallest absolute Gasteiger partial charge is 0.148 e. The van der Waals surface area contributed by atoms with Crippen LogP contribution in [0.3, 0.4) is 0 Å². The van der Waals surface area contributed by atoms with Gasteiger partial charge >= 0.3 is 0 Å². The summed E-state index contributed by atoms with van der Waals surface area (Å²) in [6.07, 6.45) is 4.38. The Hall–Kier alpha value is -1.77. The Morgan fingerprint density at radius 1 is 1.17 bits per heavy atom. The van der Waals surface area contributed by atoms with Crippen LogP contribution < -0.4 is 5.32 Å². The predicted molar refractivity (Wildman–Crippen MR) is 73.7 cm³/mol. The third-order valence-corrected chi connectivity index (χ3v) is 3.83. The molecule has 0 saturated heterocycles. The van der Waals surface area contributed by atoms with Gasteiger partial charge in [0.25, 0.3) is 0 Å². The van der Waals surface area contributed by atoms with Crippen molar-refractivity contribution in [3.63, 3.8) is 0 Å². The number of aryl methyl sites for hydroxylation is 1. The molecule has 0 bridgehead atoms. The Morgan fingerprint density at radius 3 is 2.67 bits per heavy atom. The second-order valence-corrected chi connectivity index (χ2v) is 5.18. The van der Waals surface area contributed by atoms with Crippen LogP contribution in [0.2, 0.25) is 0 Å². The summed E-state index contributed by atoms with van der Waals surface area (Å²) >= 11 is 0. The lowest BCUT2D eigenvalue weighted by atomic mass is 9.81. The number of rotatable bonds is 2. The molecule has 0 aliphatic heterocycles. The van der Waals surface area contributed by atoms with Crippen LogP contribution in [0.1, 0.15) is 42.9 Å². The van der Waals surface area contributed by atoms with Crippen molar-refractivity contribution in [3.8, 4) is 0 Å². The van der Waals surface area contributed by atoms with Gasteiger partial charge in [-0.1, -0.05) is 31.2 Å². The number of anilines is 1. The molecule has 1 aliphatic rings. The van der Waals surface area contributed by atoms with E-state index in [1.165, 1.54) is 24.0 Å². The molecular formula is C15H19N3. The molecular weight excluding hydrogens is 222 g/mol. The summed E-state index contributed by atoms with van der Waals surface area (Å²) in [4.78, 5) is 0. The van der Waals surface area contributed by atoms with Gasteiger partial charge in [-0.2, -0.15) is 5.10 Å². The molecule has 1 aliphatic carbocycles. The maximum atomic E-state index is 4.40. The lowest BCUT2D eigenvalue weighted by Gasteiger charge is -2.30. The lowest BCUT2D eigenvalue weighted by Crippen LogP contribution is -2.19. The summed E-state index contributed by atoms with van der Waals surface area (Å²) in [5.41, 5.74) is 2.92. The van der Waals surface area contributed by atoms with Gasteiger partial charge in [-0.25, -0.2) is 0 Å². The van der Waals surface area contributed by atoms with Gasteiger partial charge in [0, 0.05) is 19.3 Å². The van der Waals surface area contributed by atoms with E-state index in [9.17, 15) is 0 Å². The van der Waals surface area contributed by atoms with Crippen molar-refractivity contribution >= 4 is 5.82 Å². The molecule has 0 fully saturated rings. The summed E-state index contributed by atoms with van der Waals surface area (Å²) in [7, 11) is 1.95. The molecule has 94 valence electrons. The third kappa shape index (κ3) is 2.01. The monoisotopic (exact) mass is 241 g/mol. The van der Waals surface area contributed by atoms with Crippen LogP contribution in [0.4, 0.5) is 5.82 Å². The third-order valence-electron chi connectivity index (χ3n) is 3.83. The minimum Gasteiger partial charge on any atom is -0.362 e. The van der Waals surface area contributed by atoms with Crippen molar-refractivity contribution in [2.75, 3.05) is 5.32 Å². The summed E-state index contributed by atoms with van der Waals surface area (Å²) in [5, 5.41) is 7.95. The number of fused-ring (bicyclic) bond motifs is 1. The van der Waals surface area contributed by atoms with E-state index in [2.05, 4.69) is 41.6 Å². The maximum Gasteiger partial charge on any atom is 0.148 e. The van der Waals surface area contributed by atoms with Crippen LogP contribution in [-0.2, 0) is 7.05 Å². The second kappa shape index (κ2) is 4.48. The van der Waals surface area contributed by atoms with Crippen molar-refractivity contribution in [3.05, 3.63) is 47.7 Å². The molecule has 2 aromatic rings. The summed E-state index contributed by atoms with van der Waals surface area (Å²) < 4.78 is 1.83. The van der Waals surface area contributed by atoms with Gasteiger partial charge < -0.3 is 5.32 Å². The van der Waals surface area contributed by atoms with E-state index in [0.29, 0.717) is 12.0 Å². The van der Waals surface area contributed by atoms with Crippen LogP contribution >= 0.6 is 0 Å². The molecule has 1 aromatic carbocycles. The minimum atomic E-state index is 0.396.